The number of nitrogens with one attached hydrogen (secondary N) is 1. The zero-order valence-corrected chi connectivity index (χ0v) is 22.5. The van der Waals surface area contributed by atoms with E-state index in [-0.39, 0.29) is 21.5 Å². The van der Waals surface area contributed by atoms with Crippen molar-refractivity contribution >= 4 is 66.3 Å². The molecule has 0 saturated heterocycles. The smallest absolute Gasteiger partial charge is 0.312 e. The second kappa shape index (κ2) is 11.4. The van der Waals surface area contributed by atoms with Gasteiger partial charge in [0.15, 0.2) is 6.61 Å². The number of carbonyl (C=O) groups excluding carboxylic acids is 1. The number of halogens is 2. The van der Waals surface area contributed by atoms with Crippen molar-refractivity contribution < 1.29 is 14.5 Å². The number of aromatic nitrogens is 2. The molecule has 10 nitrogen and oxygen atoms in total. The van der Waals surface area contributed by atoms with Crippen LogP contribution in [0.4, 0.5) is 11.4 Å². The fourth-order valence-corrected chi connectivity index (χ4v) is 4.42. The van der Waals surface area contributed by atoms with Gasteiger partial charge in [-0.3, -0.25) is 19.7 Å². The Labute approximate surface area is 227 Å². The molecule has 188 valence electrons. The van der Waals surface area contributed by atoms with Crippen LogP contribution >= 0.6 is 31.9 Å². The molecule has 4 aromatic rings. The fourth-order valence-electron chi connectivity index (χ4n) is 3.48. The van der Waals surface area contributed by atoms with Gasteiger partial charge in [0, 0.05) is 28.2 Å². The Hall–Kier alpha value is -3.90. The molecule has 0 spiro atoms. The molecule has 1 amide bonds. The van der Waals surface area contributed by atoms with E-state index in [4.69, 9.17) is 4.74 Å². The average molecular weight is 629 g/mol. The summed E-state index contributed by atoms with van der Waals surface area (Å²) in [6.45, 7) is 1.41. The van der Waals surface area contributed by atoms with Crippen molar-refractivity contribution in [3.05, 3.63) is 101 Å². The number of ether oxygens (including phenoxy) is 1. The topological polar surface area (TPSA) is 129 Å². The van der Waals surface area contributed by atoms with Gasteiger partial charge in [0.25, 0.3) is 11.5 Å². The summed E-state index contributed by atoms with van der Waals surface area (Å²) in [5.41, 5.74) is 0.730. The number of carbonyl (C=O) groups is 1. The Balaban J connectivity index is 1.62. The number of nitro groups is 1. The lowest BCUT2D eigenvalue weighted by Gasteiger charge is -2.10. The molecule has 1 aromatic heterocycles. The number of nitro benzene ring substituents is 1. The number of benzene rings is 3. The molecule has 0 unspecified atom stereocenters. The minimum absolute atomic E-state index is 0.103. The molecule has 4 rings (SSSR count). The van der Waals surface area contributed by atoms with E-state index in [1.807, 2.05) is 13.0 Å². The van der Waals surface area contributed by atoms with Crippen molar-refractivity contribution in [3.63, 3.8) is 0 Å². The van der Waals surface area contributed by atoms with Crippen LogP contribution in [0.5, 0.6) is 5.75 Å². The number of rotatable bonds is 8. The Kier molecular flexibility index (Phi) is 8.09. The van der Waals surface area contributed by atoms with E-state index >= 15 is 0 Å². The number of hydrogen-bond acceptors (Lipinski definition) is 7. The van der Waals surface area contributed by atoms with Gasteiger partial charge in [-0.1, -0.05) is 41.1 Å². The molecule has 0 bridgehead atoms. The lowest BCUT2D eigenvalue weighted by atomic mass is 10.2. The van der Waals surface area contributed by atoms with Gasteiger partial charge in [0.05, 0.1) is 26.5 Å². The summed E-state index contributed by atoms with van der Waals surface area (Å²) in [5, 5.41) is 19.1. The standard InChI is InChI=1S/C25H19Br2N5O5/c1-2-22-30-20-9-8-16(26)12-18(20)25(34)31(22)28-13-15-10-19(27)24(21(11-15)32(35)36)37-14-23(33)29-17-6-4-3-5-7-17/h3-13H,2,14H2,1H3,(H,29,33). The predicted molar refractivity (Wildman–Crippen MR) is 147 cm³/mol. The summed E-state index contributed by atoms with van der Waals surface area (Å²) in [5.74, 6) is -0.136. The predicted octanol–water partition coefficient (Wildman–Crippen LogP) is 5.29. The molecule has 0 fully saturated rings. The molecule has 1 N–H and O–H groups in total. The minimum Gasteiger partial charge on any atom is -0.476 e. The van der Waals surface area contributed by atoms with Gasteiger partial charge in [0.2, 0.25) is 5.75 Å². The Morgan fingerprint density at radius 3 is 2.65 bits per heavy atom. The quantitative estimate of drug-likeness (QED) is 0.160. The number of aryl methyl sites for hydroxylation is 1. The van der Waals surface area contributed by atoms with E-state index in [9.17, 15) is 19.7 Å². The van der Waals surface area contributed by atoms with Crippen LogP contribution in [0, 0.1) is 10.1 Å². The molecular formula is C25H19Br2N5O5. The van der Waals surface area contributed by atoms with E-state index in [2.05, 4.69) is 47.3 Å². The Morgan fingerprint density at radius 1 is 1.19 bits per heavy atom. The molecule has 3 aromatic carbocycles. The van der Waals surface area contributed by atoms with Crippen LogP contribution in [0.15, 0.2) is 79.5 Å². The lowest BCUT2D eigenvalue weighted by molar-refractivity contribution is -0.385. The third-order valence-corrected chi connectivity index (χ3v) is 6.24. The van der Waals surface area contributed by atoms with Crippen LogP contribution in [0.25, 0.3) is 10.9 Å². The Morgan fingerprint density at radius 2 is 1.95 bits per heavy atom. The highest BCUT2D eigenvalue weighted by molar-refractivity contribution is 9.10. The van der Waals surface area contributed by atoms with E-state index in [1.165, 1.54) is 17.0 Å². The second-order valence-electron chi connectivity index (χ2n) is 7.72. The number of para-hydroxylation sites is 1. The van der Waals surface area contributed by atoms with Gasteiger partial charge in [-0.05, 0) is 52.3 Å². The maximum absolute atomic E-state index is 13.1. The highest BCUT2D eigenvalue weighted by atomic mass is 79.9. The normalized spacial score (nSPS) is 11.1. The van der Waals surface area contributed by atoms with Crippen molar-refractivity contribution in [2.75, 3.05) is 11.9 Å². The van der Waals surface area contributed by atoms with Crippen molar-refractivity contribution in [1.82, 2.24) is 9.66 Å². The van der Waals surface area contributed by atoms with Crippen molar-refractivity contribution in [3.8, 4) is 5.75 Å². The van der Waals surface area contributed by atoms with E-state index < -0.39 is 17.4 Å². The highest BCUT2D eigenvalue weighted by Gasteiger charge is 2.21. The molecule has 37 heavy (non-hydrogen) atoms. The van der Waals surface area contributed by atoms with Gasteiger partial charge in [-0.25, -0.2) is 4.98 Å². The van der Waals surface area contributed by atoms with Crippen LogP contribution in [0.3, 0.4) is 0 Å². The molecule has 1 heterocycles. The van der Waals surface area contributed by atoms with Crippen molar-refractivity contribution in [2.45, 2.75) is 13.3 Å². The summed E-state index contributed by atoms with van der Waals surface area (Å²) in [7, 11) is 0. The maximum atomic E-state index is 13.1. The van der Waals surface area contributed by atoms with Crippen LogP contribution in [-0.2, 0) is 11.2 Å². The number of amides is 1. The third kappa shape index (κ3) is 6.09. The number of hydrogen-bond donors (Lipinski definition) is 1. The first-order chi connectivity index (χ1) is 17.8. The lowest BCUT2D eigenvalue weighted by Crippen LogP contribution is -2.22. The van der Waals surface area contributed by atoms with E-state index in [0.29, 0.717) is 34.4 Å². The van der Waals surface area contributed by atoms with Crippen LogP contribution in [-0.4, -0.2) is 33.3 Å². The number of nitrogens with zero attached hydrogens (tertiary/aromatic N) is 4. The maximum Gasteiger partial charge on any atom is 0.312 e. The number of anilines is 1. The monoisotopic (exact) mass is 627 g/mol. The highest BCUT2D eigenvalue weighted by Crippen LogP contribution is 2.36. The molecule has 0 aliphatic rings. The molecule has 0 aliphatic carbocycles. The first kappa shape index (κ1) is 26.2. The number of fused-ring (bicyclic) bond motifs is 1. The van der Waals surface area contributed by atoms with Gasteiger partial charge < -0.3 is 10.1 Å². The van der Waals surface area contributed by atoms with Gasteiger partial charge in [-0.2, -0.15) is 9.78 Å². The fraction of sp³-hybridized carbons (Fsp3) is 0.120. The first-order valence-electron chi connectivity index (χ1n) is 11.0. The summed E-state index contributed by atoms with van der Waals surface area (Å²) < 4.78 is 7.63. The zero-order chi connectivity index (χ0) is 26.5. The molecule has 0 saturated carbocycles. The second-order valence-corrected chi connectivity index (χ2v) is 9.49. The minimum atomic E-state index is -0.620. The first-order valence-corrected chi connectivity index (χ1v) is 12.6. The van der Waals surface area contributed by atoms with E-state index in [1.54, 1.807) is 48.5 Å². The van der Waals surface area contributed by atoms with Gasteiger partial charge in [-0.15, -0.1) is 0 Å². The van der Waals surface area contributed by atoms with Crippen LogP contribution < -0.4 is 15.6 Å². The summed E-state index contributed by atoms with van der Waals surface area (Å²) >= 11 is 6.64. The van der Waals surface area contributed by atoms with Crippen molar-refractivity contribution in [2.24, 2.45) is 5.10 Å². The van der Waals surface area contributed by atoms with Gasteiger partial charge >= 0.3 is 5.69 Å². The SMILES string of the molecule is CCc1nc2ccc(Br)cc2c(=O)n1N=Cc1cc(Br)c(OCC(=O)Nc2ccccc2)c([N+](=O)[O-])c1. The third-order valence-electron chi connectivity index (χ3n) is 5.16. The Bertz CT molecular complexity index is 1590. The summed E-state index contributed by atoms with van der Waals surface area (Å²) in [6, 6.07) is 16.8. The van der Waals surface area contributed by atoms with Crippen LogP contribution in [0.2, 0.25) is 0 Å². The largest absolute Gasteiger partial charge is 0.476 e. The van der Waals surface area contributed by atoms with Crippen molar-refractivity contribution in [1.29, 1.82) is 0 Å². The molecule has 0 radical (unpaired) electrons. The van der Waals surface area contributed by atoms with Crippen LogP contribution in [0.1, 0.15) is 18.3 Å². The summed E-state index contributed by atoms with van der Waals surface area (Å²) in [6.07, 6.45) is 1.77. The molecule has 12 heteroatoms. The average Bonchev–Trinajstić information content (AvgIpc) is 2.88. The molecular weight excluding hydrogens is 610 g/mol. The van der Waals surface area contributed by atoms with Gasteiger partial charge in [0.1, 0.15) is 5.82 Å². The van der Waals surface area contributed by atoms with E-state index in [0.717, 1.165) is 4.47 Å². The molecule has 0 atom stereocenters. The zero-order valence-electron chi connectivity index (χ0n) is 19.4. The molecule has 0 aliphatic heterocycles. The summed E-state index contributed by atoms with van der Waals surface area (Å²) in [4.78, 5) is 40.9.